The minimum absolute atomic E-state index is 0.0675. The maximum absolute atomic E-state index is 13.9. The van der Waals surface area contributed by atoms with Gasteiger partial charge in [-0.1, -0.05) is 20.8 Å². The molecule has 0 aromatic heterocycles. The summed E-state index contributed by atoms with van der Waals surface area (Å²) in [6.45, 7) is 5.46. The molecule has 0 aromatic rings. The van der Waals surface area contributed by atoms with Crippen molar-refractivity contribution in [3.63, 3.8) is 0 Å². The topological polar surface area (TPSA) is 116 Å². The van der Waals surface area contributed by atoms with E-state index in [9.17, 15) is 24.2 Å². The van der Waals surface area contributed by atoms with E-state index in [1.165, 1.54) is 4.90 Å². The summed E-state index contributed by atoms with van der Waals surface area (Å²) in [6.07, 6.45) is -1.55. The third-order valence-electron chi connectivity index (χ3n) is 4.60. The molecule has 1 unspecified atom stereocenters. The summed E-state index contributed by atoms with van der Waals surface area (Å²) in [5.41, 5.74) is 2.89. The van der Waals surface area contributed by atoms with Crippen molar-refractivity contribution in [1.82, 2.24) is 10.2 Å². The summed E-state index contributed by atoms with van der Waals surface area (Å²) in [5, 5.41) is 23.0. The maximum Gasteiger partial charge on any atom is 0.258 e. The molecule has 2 rings (SSSR count). The van der Waals surface area contributed by atoms with Gasteiger partial charge in [0.1, 0.15) is 6.23 Å². The van der Waals surface area contributed by atoms with Crippen molar-refractivity contribution in [3.05, 3.63) is 0 Å². The molecule has 0 bridgehead atoms. The predicted octanol–water partition coefficient (Wildman–Crippen LogP) is -0.742. The average molecular weight is 331 g/mol. The monoisotopic (exact) mass is 331 g/mol. The van der Waals surface area contributed by atoms with E-state index < -0.39 is 47.3 Å². The highest BCUT2D eigenvalue weighted by Crippen LogP contribution is 2.40. The third kappa shape index (κ3) is 3.81. The lowest BCUT2D eigenvalue weighted by Gasteiger charge is -2.40. The number of aliphatic hydroxyl groups excluding tert-OH is 2. The third-order valence-corrected chi connectivity index (χ3v) is 4.60. The van der Waals surface area contributed by atoms with Crippen LogP contribution in [0.15, 0.2) is 0 Å². The van der Waals surface area contributed by atoms with Crippen molar-refractivity contribution in [2.45, 2.75) is 70.1 Å². The number of nitrogens with zero attached hydrogens (tertiary/aromatic N) is 1. The molecule has 4 atom stereocenters. The zero-order valence-corrected chi connectivity index (χ0v) is 13.8. The first-order valence-corrected chi connectivity index (χ1v) is 7.87. The number of halogens is 1. The van der Waals surface area contributed by atoms with Gasteiger partial charge in [-0.25, -0.2) is 4.39 Å². The summed E-state index contributed by atoms with van der Waals surface area (Å²) in [7, 11) is 0. The fourth-order valence-electron chi connectivity index (χ4n) is 2.95. The van der Waals surface area contributed by atoms with Crippen LogP contribution in [0.25, 0.3) is 0 Å². The highest BCUT2D eigenvalue weighted by atomic mass is 19.1. The second-order valence-electron chi connectivity index (χ2n) is 7.70. The van der Waals surface area contributed by atoms with Crippen LogP contribution in [0, 0.1) is 5.41 Å². The van der Waals surface area contributed by atoms with Crippen LogP contribution in [0.3, 0.4) is 0 Å². The van der Waals surface area contributed by atoms with E-state index in [0.717, 1.165) is 0 Å². The minimum atomic E-state index is -1.85. The molecule has 2 amide bonds. The van der Waals surface area contributed by atoms with E-state index in [2.05, 4.69) is 5.32 Å². The molecule has 0 radical (unpaired) electrons. The molecule has 1 saturated heterocycles. The SMILES string of the molecule is CC(C)(C)[C@H](NC(=O)C1(F)CC1)C(O)N1C[C@H](O)C[C@H]1C(N)=O. The molecule has 7 nitrogen and oxygen atoms in total. The Morgan fingerprint density at radius 1 is 1.39 bits per heavy atom. The highest BCUT2D eigenvalue weighted by Gasteiger charge is 2.53. The lowest BCUT2D eigenvalue weighted by atomic mass is 9.84. The second-order valence-corrected chi connectivity index (χ2v) is 7.70. The Morgan fingerprint density at radius 3 is 2.39 bits per heavy atom. The molecular formula is C15H26FN3O4. The number of carbonyl (C=O) groups excluding carboxylic acids is 2. The molecule has 2 aliphatic rings. The number of rotatable bonds is 5. The van der Waals surface area contributed by atoms with Crippen molar-refractivity contribution in [2.75, 3.05) is 6.54 Å². The molecule has 1 aliphatic carbocycles. The Balaban J connectivity index is 2.17. The Labute approximate surface area is 135 Å². The van der Waals surface area contributed by atoms with Gasteiger partial charge < -0.3 is 21.3 Å². The van der Waals surface area contributed by atoms with Crippen LogP contribution >= 0.6 is 0 Å². The first-order chi connectivity index (χ1) is 10.5. The zero-order chi connectivity index (χ0) is 17.6. The van der Waals surface area contributed by atoms with Crippen molar-refractivity contribution >= 4 is 11.8 Å². The number of aliphatic hydroxyl groups is 2. The fourth-order valence-corrected chi connectivity index (χ4v) is 2.95. The van der Waals surface area contributed by atoms with E-state index in [4.69, 9.17) is 5.73 Å². The van der Waals surface area contributed by atoms with Gasteiger partial charge in [-0.15, -0.1) is 0 Å². The molecule has 8 heteroatoms. The number of carbonyl (C=O) groups is 2. The van der Waals surface area contributed by atoms with Gasteiger partial charge in [0, 0.05) is 6.54 Å². The highest BCUT2D eigenvalue weighted by molar-refractivity contribution is 5.88. The van der Waals surface area contributed by atoms with Gasteiger partial charge in [-0.2, -0.15) is 0 Å². The largest absolute Gasteiger partial charge is 0.392 e. The zero-order valence-electron chi connectivity index (χ0n) is 13.8. The van der Waals surface area contributed by atoms with Crippen molar-refractivity contribution in [3.8, 4) is 0 Å². The molecule has 1 saturated carbocycles. The van der Waals surface area contributed by atoms with Crippen LogP contribution in [0.5, 0.6) is 0 Å². The average Bonchev–Trinajstić information content (AvgIpc) is 3.04. The van der Waals surface area contributed by atoms with Crippen LogP contribution in [0.4, 0.5) is 4.39 Å². The molecule has 0 aromatic carbocycles. The lowest BCUT2D eigenvalue weighted by Crippen LogP contribution is -2.61. The molecule has 0 spiro atoms. The molecular weight excluding hydrogens is 305 g/mol. The Morgan fingerprint density at radius 2 is 1.96 bits per heavy atom. The van der Waals surface area contributed by atoms with Gasteiger partial charge in [0.15, 0.2) is 5.67 Å². The number of nitrogens with one attached hydrogen (secondary N) is 1. The normalized spacial score (nSPS) is 29.8. The number of amides is 2. The Kier molecular flexibility index (Phi) is 4.71. The smallest absolute Gasteiger partial charge is 0.258 e. The number of primary amides is 1. The summed E-state index contributed by atoms with van der Waals surface area (Å²) >= 11 is 0. The molecule has 23 heavy (non-hydrogen) atoms. The Bertz CT molecular complexity index is 490. The molecule has 1 heterocycles. The van der Waals surface area contributed by atoms with Crippen molar-refractivity contribution in [1.29, 1.82) is 0 Å². The van der Waals surface area contributed by atoms with E-state index in [-0.39, 0.29) is 25.8 Å². The minimum Gasteiger partial charge on any atom is -0.392 e. The van der Waals surface area contributed by atoms with Crippen molar-refractivity contribution < 1.29 is 24.2 Å². The van der Waals surface area contributed by atoms with E-state index in [1.54, 1.807) is 20.8 Å². The number of alkyl halides is 1. The van der Waals surface area contributed by atoms with Crippen LogP contribution < -0.4 is 11.1 Å². The molecule has 2 fully saturated rings. The van der Waals surface area contributed by atoms with Crippen LogP contribution in [-0.4, -0.2) is 63.6 Å². The lowest BCUT2D eigenvalue weighted by molar-refractivity contribution is -0.136. The quantitative estimate of drug-likeness (QED) is 0.529. The first kappa shape index (κ1) is 18.1. The first-order valence-electron chi connectivity index (χ1n) is 7.87. The van der Waals surface area contributed by atoms with E-state index >= 15 is 0 Å². The second kappa shape index (κ2) is 5.99. The van der Waals surface area contributed by atoms with Crippen LogP contribution in [0.2, 0.25) is 0 Å². The van der Waals surface area contributed by atoms with E-state index in [1.807, 2.05) is 0 Å². The number of β-amino-alcohol motifs (C(OH)–C–C–N with tert-alkyl or cyclic N) is 1. The summed E-state index contributed by atoms with van der Waals surface area (Å²) in [4.78, 5) is 24.9. The summed E-state index contributed by atoms with van der Waals surface area (Å²) in [5.74, 6) is -1.39. The molecule has 5 N–H and O–H groups in total. The number of hydrogen-bond donors (Lipinski definition) is 4. The molecule has 1 aliphatic heterocycles. The Hall–Kier alpha value is -1.25. The summed E-state index contributed by atoms with van der Waals surface area (Å²) in [6, 6.07) is -1.63. The van der Waals surface area contributed by atoms with Gasteiger partial charge in [0.2, 0.25) is 5.91 Å². The summed E-state index contributed by atoms with van der Waals surface area (Å²) < 4.78 is 13.9. The van der Waals surface area contributed by atoms with Crippen LogP contribution in [0.1, 0.15) is 40.0 Å². The standard InChI is InChI=1S/C15H26FN3O4/c1-14(2,3)10(18-13(23)15(16)4-5-15)12(22)19-7-8(20)6-9(19)11(17)21/h8-10,12,20,22H,4-7H2,1-3H3,(H2,17,21)(H,18,23)/t8-,9+,10-,12?/m1/s1. The van der Waals surface area contributed by atoms with Gasteiger partial charge in [0.25, 0.3) is 5.91 Å². The van der Waals surface area contributed by atoms with Crippen molar-refractivity contribution in [2.24, 2.45) is 11.1 Å². The maximum atomic E-state index is 13.9. The number of likely N-dealkylation sites (tertiary alicyclic amines) is 1. The van der Waals surface area contributed by atoms with Gasteiger partial charge in [-0.3, -0.25) is 14.5 Å². The number of nitrogens with two attached hydrogens (primary N) is 1. The fraction of sp³-hybridized carbons (Fsp3) is 0.867. The van der Waals surface area contributed by atoms with Gasteiger partial charge in [0.05, 0.1) is 18.2 Å². The van der Waals surface area contributed by atoms with Crippen LogP contribution in [-0.2, 0) is 9.59 Å². The number of hydrogen-bond acceptors (Lipinski definition) is 5. The molecule has 132 valence electrons. The van der Waals surface area contributed by atoms with E-state index in [0.29, 0.717) is 0 Å². The predicted molar refractivity (Wildman–Crippen MR) is 80.8 cm³/mol. The van der Waals surface area contributed by atoms with Gasteiger partial charge in [-0.05, 0) is 24.7 Å². The van der Waals surface area contributed by atoms with Gasteiger partial charge >= 0.3 is 0 Å².